The summed E-state index contributed by atoms with van der Waals surface area (Å²) in [6.45, 7) is 8.30. The molecule has 11 aromatic rings. The molecule has 0 amide bonds. The predicted molar refractivity (Wildman–Crippen MR) is 486 cm³/mol. The molecule has 40 heteroatoms. The first-order chi connectivity index (χ1) is 64.1. The van der Waals surface area contributed by atoms with Gasteiger partial charge in [0.05, 0.1) is 125 Å². The Labute approximate surface area is 763 Å². The van der Waals surface area contributed by atoms with Gasteiger partial charge in [0, 0.05) is 96.2 Å². The molecule has 0 unspecified atom stereocenters. The Morgan fingerprint density at radius 2 is 0.386 bits per heavy atom. The molecule has 0 radical (unpaired) electrons. The summed E-state index contributed by atoms with van der Waals surface area (Å²) in [6, 6.07) is 40.8. The number of hydrogen-bond donors (Lipinski definition) is 2. The van der Waals surface area contributed by atoms with Crippen LogP contribution in [0.2, 0.25) is 0 Å². The predicted octanol–water partition coefficient (Wildman–Crippen LogP) is 10.1. The fourth-order valence-corrected chi connectivity index (χ4v) is 21.0. The van der Waals surface area contributed by atoms with Crippen molar-refractivity contribution in [3.8, 4) is 91.5 Å². The van der Waals surface area contributed by atoms with Crippen molar-refractivity contribution in [1.82, 2.24) is 57.1 Å². The van der Waals surface area contributed by atoms with Crippen molar-refractivity contribution >= 4 is 84.2 Å². The van der Waals surface area contributed by atoms with E-state index in [0.717, 1.165) is 22.3 Å². The molecular weight excluding hydrogens is 1790 g/mol. The zero-order chi connectivity index (χ0) is 91.4. The van der Waals surface area contributed by atoms with E-state index in [-0.39, 0.29) is 322 Å². The number of ether oxygens (including phenoxy) is 16. The summed E-state index contributed by atoms with van der Waals surface area (Å²) in [4.78, 5) is 40.0. The molecule has 6 aliphatic rings. The molecule has 8 bridgehead atoms. The van der Waals surface area contributed by atoms with Crippen LogP contribution in [-0.4, -0.2) is 302 Å². The van der Waals surface area contributed by atoms with Gasteiger partial charge in [0.15, 0.2) is 69.3 Å². The van der Waals surface area contributed by atoms with E-state index in [0.29, 0.717) is 43.8 Å². The molecule has 2 N–H and O–H groups in total. The Bertz CT molecular complexity index is 6010. The lowest BCUT2D eigenvalue weighted by atomic mass is 10.1. The summed E-state index contributed by atoms with van der Waals surface area (Å²) in [6.07, 6.45) is 0. The SMILES string of the molecule is Cc1ccc(S(=O)(=O)N2CCOCCOc3cc4c(cc3OCCOCC2)-c2nc-4nc3[nH]c(nc4nc(nc5[nH]c(n2)c2cc6c(cc52)OCCOCCN(S(=O)(=O)c2ccc(C)cc2)CCOCCO6)-c2cc5c(cc2-4)OCCOCCN(S(=O)(=O)c2ccc(C)cc2)CCOCCO5)c2cc4c(cc32)OCCOCCN(S(=O)(=O)c2ccc(C)cc2)CCOCCO4)cc1. The van der Waals surface area contributed by atoms with Crippen LogP contribution in [0.1, 0.15) is 22.3 Å². The van der Waals surface area contributed by atoms with Crippen LogP contribution >= 0.6 is 0 Å². The number of aryl methyl sites for hydroxylation is 4. The van der Waals surface area contributed by atoms with Crippen molar-refractivity contribution in [1.29, 1.82) is 0 Å². The molecule has 0 atom stereocenters. The van der Waals surface area contributed by atoms with Gasteiger partial charge in [-0.25, -0.2) is 63.6 Å². The van der Waals surface area contributed by atoms with Gasteiger partial charge < -0.3 is 85.8 Å². The smallest absolute Gasteiger partial charge is 0.243 e. The van der Waals surface area contributed by atoms with Crippen LogP contribution < -0.4 is 37.9 Å². The molecule has 36 nitrogen and oxygen atoms in total. The largest absolute Gasteiger partial charge is 0.487 e. The summed E-state index contributed by atoms with van der Waals surface area (Å²) in [7, 11) is -15.8. The Morgan fingerprint density at radius 3 is 0.561 bits per heavy atom. The van der Waals surface area contributed by atoms with Gasteiger partial charge in [-0.1, -0.05) is 70.8 Å². The molecule has 3 aromatic heterocycles. The van der Waals surface area contributed by atoms with E-state index in [1.54, 1.807) is 146 Å². The minimum absolute atomic E-state index is 0.0108. The van der Waals surface area contributed by atoms with Gasteiger partial charge in [-0.05, 0) is 125 Å². The molecule has 0 spiro atoms. The number of aromatic amines is 2. The first-order valence-electron chi connectivity index (χ1n) is 43.6. The van der Waals surface area contributed by atoms with Crippen LogP contribution in [0.4, 0.5) is 0 Å². The first-order valence-corrected chi connectivity index (χ1v) is 49.3. The third-order valence-corrected chi connectivity index (χ3v) is 30.1. The standard InChI is InChI=1S/C92H102N12O24S4/c1-61-5-13-65(14-6-61)129(105,106)101-21-29-113-37-45-121-77-53-69-70(54-78(77)122-46-38-114-30-22-101)86-93-85(69)97-87-71-55-79-81(125-49-41-117-33-25-102(23-31-115-39-47-123-79)130(107,108)66-15-7-62(2)8-16-66)57-73(71)89(94-87)99-91-75-59-83-84(128-52-44-120-36-28-104(27-35-119-43-51-127-83)132(111,112)68-19-11-64(4)12-20-68)60-76(75)92(96-91)100-90-74-58-82-80(56-72(74)88(95-90)98-86)124-48-40-116-32-24-103(26-34-118-42-50-126-82)131(109,110)67-17-9-63(3)10-18-67/h5-20,53-60H,21-52H2,1-4H3,(H2,93,94,95,96,97,98,99,100). The zero-order valence-electron chi connectivity index (χ0n) is 73.4. The third kappa shape index (κ3) is 21.5. The molecular formula is C92H102N12O24S4. The number of nitrogens with zero attached hydrogens (tertiary/aromatic N) is 10. The molecule has 6 aliphatic heterocycles. The number of H-pyrrole nitrogens is 2. The second-order valence-corrected chi connectivity index (χ2v) is 39.3. The topological polar surface area (TPSA) is 406 Å². The van der Waals surface area contributed by atoms with E-state index in [1.165, 1.54) is 17.2 Å². The van der Waals surface area contributed by atoms with Gasteiger partial charge in [-0.15, -0.1) is 0 Å². The molecule has 0 fully saturated rings. The van der Waals surface area contributed by atoms with Crippen molar-refractivity contribution in [3.63, 3.8) is 0 Å². The number of rotatable bonds is 8. The average Bonchev–Trinajstić information content (AvgIpc) is 1.59. The van der Waals surface area contributed by atoms with E-state index < -0.39 is 40.1 Å². The van der Waals surface area contributed by atoms with Crippen LogP contribution in [0, 0.1) is 27.7 Å². The fraction of sp³-hybridized carbons (Fsp3) is 0.391. The van der Waals surface area contributed by atoms with Crippen molar-refractivity contribution in [2.75, 3.05) is 211 Å². The van der Waals surface area contributed by atoms with E-state index in [1.807, 2.05) is 27.7 Å². The quantitative estimate of drug-likeness (QED) is 0.143. The maximum Gasteiger partial charge on any atom is 0.243 e. The minimum atomic E-state index is -3.95. The molecule has 0 saturated carbocycles. The number of sulfonamides is 4. The summed E-state index contributed by atoms with van der Waals surface area (Å²) in [5.41, 5.74) is 6.28. The number of nitrogens with one attached hydrogen (secondary N) is 2. The average molecular weight is 1890 g/mol. The zero-order valence-corrected chi connectivity index (χ0v) is 76.7. The highest BCUT2D eigenvalue weighted by Crippen LogP contribution is 2.47. The van der Waals surface area contributed by atoms with Gasteiger partial charge in [-0.3, -0.25) is 0 Å². The lowest BCUT2D eigenvalue weighted by molar-refractivity contribution is 0.0803. The van der Waals surface area contributed by atoms with Crippen LogP contribution in [0.25, 0.3) is 89.7 Å². The first kappa shape index (κ1) is 92.7. The van der Waals surface area contributed by atoms with E-state index in [4.69, 9.17) is 106 Å². The highest BCUT2D eigenvalue weighted by atomic mass is 32.2. The molecule has 17 rings (SSSR count). The second kappa shape index (κ2) is 42.0. The maximum absolute atomic E-state index is 14.1. The number of fused-ring (bicyclic) bond motifs is 24. The van der Waals surface area contributed by atoms with E-state index in [2.05, 4.69) is 9.97 Å². The Kier molecular flexibility index (Phi) is 29.5. The normalized spacial score (nSPS) is 17.8. The fourth-order valence-electron chi connectivity index (χ4n) is 15.4. The summed E-state index contributed by atoms with van der Waals surface area (Å²) < 4.78 is 220. The van der Waals surface area contributed by atoms with E-state index in [9.17, 15) is 33.7 Å². The maximum atomic E-state index is 14.1. The molecule has 0 aliphatic carbocycles. The van der Waals surface area contributed by atoms with E-state index >= 15 is 0 Å². The second-order valence-electron chi connectivity index (χ2n) is 31.5. The summed E-state index contributed by atoms with van der Waals surface area (Å²) in [5, 5.41) is 1.85. The van der Waals surface area contributed by atoms with Crippen LogP contribution in [0.3, 0.4) is 0 Å². The van der Waals surface area contributed by atoms with Crippen LogP contribution in [-0.2, 0) is 78.0 Å². The number of hydrogen-bond acceptors (Lipinski definition) is 30. The van der Waals surface area contributed by atoms with Crippen molar-refractivity contribution in [2.24, 2.45) is 0 Å². The van der Waals surface area contributed by atoms with Crippen LogP contribution in [0.15, 0.2) is 165 Å². The highest BCUT2D eigenvalue weighted by molar-refractivity contribution is 7.90. The molecule has 698 valence electrons. The lowest BCUT2D eigenvalue weighted by Gasteiger charge is -2.22. The highest BCUT2D eigenvalue weighted by Gasteiger charge is 2.33. The van der Waals surface area contributed by atoms with Crippen molar-refractivity contribution < 1.29 is 109 Å². The number of benzene rings is 8. The molecule has 8 aromatic carbocycles. The lowest BCUT2D eigenvalue weighted by Crippen LogP contribution is -2.37. The molecule has 132 heavy (non-hydrogen) atoms. The number of aromatic nitrogens is 8. The summed E-state index contributed by atoms with van der Waals surface area (Å²) >= 11 is 0. The van der Waals surface area contributed by atoms with Gasteiger partial charge >= 0.3 is 0 Å². The Balaban J connectivity index is 0.795. The molecule has 9 heterocycles. The van der Waals surface area contributed by atoms with Crippen LogP contribution in [0.5, 0.6) is 46.0 Å². The summed E-state index contributed by atoms with van der Waals surface area (Å²) in [5.74, 6) is 2.71. The Hall–Kier alpha value is -11.2. The minimum Gasteiger partial charge on any atom is -0.487 e. The van der Waals surface area contributed by atoms with Gasteiger partial charge in [0.1, 0.15) is 75.4 Å². The van der Waals surface area contributed by atoms with Gasteiger partial charge in [0.2, 0.25) is 40.1 Å². The van der Waals surface area contributed by atoms with Crippen molar-refractivity contribution in [3.05, 3.63) is 168 Å². The van der Waals surface area contributed by atoms with Gasteiger partial charge in [-0.2, -0.15) is 17.2 Å². The Morgan fingerprint density at radius 1 is 0.220 bits per heavy atom. The van der Waals surface area contributed by atoms with Crippen molar-refractivity contribution in [2.45, 2.75) is 47.3 Å². The molecule has 0 saturated heterocycles. The monoisotopic (exact) mass is 1890 g/mol. The third-order valence-electron chi connectivity index (χ3n) is 22.5. The van der Waals surface area contributed by atoms with Gasteiger partial charge in [0.25, 0.3) is 0 Å².